The lowest BCUT2D eigenvalue weighted by molar-refractivity contribution is -0.131. The highest BCUT2D eigenvalue weighted by atomic mass is 19.2. The molecule has 1 saturated heterocycles. The maximum Gasteiger partial charge on any atom is 0.254 e. The summed E-state index contributed by atoms with van der Waals surface area (Å²) in [6.07, 6.45) is 1.95. The number of rotatable bonds is 15. The van der Waals surface area contributed by atoms with E-state index in [1.54, 1.807) is 37.3 Å². The predicted octanol–water partition coefficient (Wildman–Crippen LogP) is 4.45. The van der Waals surface area contributed by atoms with Gasteiger partial charge < -0.3 is 29.3 Å². The first kappa shape index (κ1) is 32.6. The van der Waals surface area contributed by atoms with Crippen molar-refractivity contribution < 1.29 is 37.0 Å². The van der Waals surface area contributed by atoms with Crippen LogP contribution in [0.5, 0.6) is 11.5 Å². The molecular formula is C32H42F3N3O5. The smallest absolute Gasteiger partial charge is 0.254 e. The van der Waals surface area contributed by atoms with Crippen LogP contribution in [0.15, 0.2) is 30.3 Å². The Morgan fingerprint density at radius 1 is 0.977 bits per heavy atom. The third-order valence-corrected chi connectivity index (χ3v) is 8.11. The number of nitrogens with one attached hydrogen (secondary N) is 1. The second kappa shape index (κ2) is 14.9. The van der Waals surface area contributed by atoms with Crippen LogP contribution in [0, 0.1) is 29.3 Å². The third kappa shape index (κ3) is 8.41. The number of halogens is 3. The molecule has 1 N–H and O–H groups in total. The van der Waals surface area contributed by atoms with Gasteiger partial charge in [-0.2, -0.15) is 0 Å². The third-order valence-electron chi connectivity index (χ3n) is 8.11. The lowest BCUT2D eigenvalue weighted by atomic mass is 9.93. The largest absolute Gasteiger partial charge is 0.493 e. The number of carbonyl (C=O) groups is 2. The van der Waals surface area contributed by atoms with Gasteiger partial charge in [-0.1, -0.05) is 0 Å². The van der Waals surface area contributed by atoms with E-state index in [4.69, 9.17) is 14.2 Å². The summed E-state index contributed by atoms with van der Waals surface area (Å²) >= 11 is 0. The average molecular weight is 606 g/mol. The number of hydrogen-bond donors (Lipinski definition) is 1. The summed E-state index contributed by atoms with van der Waals surface area (Å²) in [6.45, 7) is 7.13. The van der Waals surface area contributed by atoms with E-state index in [-0.39, 0.29) is 41.3 Å². The van der Waals surface area contributed by atoms with E-state index in [2.05, 4.69) is 5.32 Å². The van der Waals surface area contributed by atoms with E-state index in [0.29, 0.717) is 68.9 Å². The maximum atomic E-state index is 14.3. The van der Waals surface area contributed by atoms with Crippen LogP contribution in [-0.4, -0.2) is 87.3 Å². The molecule has 1 aliphatic heterocycles. The lowest BCUT2D eigenvalue weighted by Gasteiger charge is -2.34. The molecule has 2 aromatic rings. The second-order valence-electron chi connectivity index (χ2n) is 11.6. The molecule has 236 valence electrons. The van der Waals surface area contributed by atoms with Gasteiger partial charge in [0.25, 0.3) is 5.91 Å². The van der Waals surface area contributed by atoms with Crippen molar-refractivity contribution >= 4 is 11.8 Å². The first-order valence-electron chi connectivity index (χ1n) is 14.9. The van der Waals surface area contributed by atoms with Gasteiger partial charge in [0.1, 0.15) is 5.82 Å². The number of amides is 2. The fourth-order valence-corrected chi connectivity index (χ4v) is 5.57. The molecule has 2 aromatic carbocycles. The van der Waals surface area contributed by atoms with Crippen LogP contribution in [0.4, 0.5) is 13.2 Å². The minimum absolute atomic E-state index is 0.0275. The van der Waals surface area contributed by atoms with E-state index in [1.807, 2.05) is 18.7 Å². The monoisotopic (exact) mass is 605 g/mol. The van der Waals surface area contributed by atoms with Crippen molar-refractivity contribution in [2.24, 2.45) is 11.8 Å². The van der Waals surface area contributed by atoms with Gasteiger partial charge >= 0.3 is 0 Å². The normalized spacial score (nSPS) is 18.1. The predicted molar refractivity (Wildman–Crippen MR) is 156 cm³/mol. The Kier molecular flexibility index (Phi) is 11.3. The van der Waals surface area contributed by atoms with Crippen molar-refractivity contribution in [3.63, 3.8) is 0 Å². The van der Waals surface area contributed by atoms with Crippen molar-refractivity contribution in [2.75, 3.05) is 53.6 Å². The summed E-state index contributed by atoms with van der Waals surface area (Å²) in [5, 5.41) is 3.40. The molecule has 0 unspecified atom stereocenters. The number of methoxy groups -OCH3 is 2. The van der Waals surface area contributed by atoms with Gasteiger partial charge in [0.15, 0.2) is 23.1 Å². The number of ether oxygens (including phenoxy) is 3. The Labute approximate surface area is 251 Å². The molecule has 1 saturated carbocycles. The van der Waals surface area contributed by atoms with E-state index >= 15 is 0 Å². The molecule has 11 heteroatoms. The molecule has 2 fully saturated rings. The zero-order valence-electron chi connectivity index (χ0n) is 25.3. The second-order valence-corrected chi connectivity index (χ2v) is 11.6. The van der Waals surface area contributed by atoms with Crippen molar-refractivity contribution in [1.29, 1.82) is 0 Å². The van der Waals surface area contributed by atoms with E-state index in [1.165, 1.54) is 0 Å². The molecule has 2 atom stereocenters. The van der Waals surface area contributed by atoms with Gasteiger partial charge in [0.2, 0.25) is 5.91 Å². The Bertz CT molecular complexity index is 1270. The van der Waals surface area contributed by atoms with Crippen molar-refractivity contribution in [3.05, 3.63) is 58.9 Å². The molecular weight excluding hydrogens is 563 g/mol. The summed E-state index contributed by atoms with van der Waals surface area (Å²) in [7, 11) is 3.18. The number of hydrogen-bond acceptors (Lipinski definition) is 6. The standard InChI is InChI=1S/C32H42F3N3O5/c1-20(2)37(32(40)21-6-9-28(42-4)29(13-21)43-11-5-10-41-3)18-23-16-36-17-24(23)19-38(26-7-8-26)30(39)14-22-12-25(33)15-27(34)31(22)35/h6,9,12-13,15,20,23-24,26,36H,5,7-8,10-11,14,16-19H2,1-4H3/t23-,24+/m0/s1. The molecule has 0 spiro atoms. The van der Waals surface area contributed by atoms with Crippen LogP contribution in [0.2, 0.25) is 0 Å². The quantitative estimate of drug-likeness (QED) is 0.239. The minimum Gasteiger partial charge on any atom is -0.493 e. The Morgan fingerprint density at radius 2 is 1.70 bits per heavy atom. The molecule has 4 rings (SSSR count). The van der Waals surface area contributed by atoms with Crippen LogP contribution < -0.4 is 14.8 Å². The van der Waals surface area contributed by atoms with E-state index in [0.717, 1.165) is 18.9 Å². The molecule has 1 heterocycles. The summed E-state index contributed by atoms with van der Waals surface area (Å²) in [5.74, 6) is -2.78. The van der Waals surface area contributed by atoms with Crippen molar-refractivity contribution in [2.45, 2.75) is 51.6 Å². The summed E-state index contributed by atoms with van der Waals surface area (Å²) in [5.41, 5.74) is 0.199. The first-order chi connectivity index (χ1) is 20.6. The molecule has 43 heavy (non-hydrogen) atoms. The zero-order chi connectivity index (χ0) is 31.1. The van der Waals surface area contributed by atoms with Crippen LogP contribution in [0.1, 0.15) is 49.0 Å². The average Bonchev–Trinajstić information content (AvgIpc) is 3.73. The van der Waals surface area contributed by atoms with Crippen LogP contribution in [0.25, 0.3) is 0 Å². The van der Waals surface area contributed by atoms with Crippen LogP contribution >= 0.6 is 0 Å². The van der Waals surface area contributed by atoms with E-state index in [9.17, 15) is 22.8 Å². The molecule has 0 aromatic heterocycles. The minimum atomic E-state index is -1.30. The summed E-state index contributed by atoms with van der Waals surface area (Å²) in [6, 6.07) is 6.45. The SMILES string of the molecule is COCCCOc1cc(C(=O)N(C[C@@H]2CNC[C@@H]2CN(C(=O)Cc2cc(F)cc(F)c2F)C2CC2)C(C)C)ccc1OC. The van der Waals surface area contributed by atoms with Gasteiger partial charge in [-0.15, -0.1) is 0 Å². The van der Waals surface area contributed by atoms with Gasteiger partial charge in [-0.3, -0.25) is 9.59 Å². The molecule has 2 amide bonds. The van der Waals surface area contributed by atoms with Crippen molar-refractivity contribution in [3.8, 4) is 11.5 Å². The highest BCUT2D eigenvalue weighted by molar-refractivity contribution is 5.95. The van der Waals surface area contributed by atoms with Crippen LogP contribution in [-0.2, 0) is 16.0 Å². The molecule has 0 radical (unpaired) electrons. The van der Waals surface area contributed by atoms with Gasteiger partial charge in [0, 0.05) is 75.6 Å². The summed E-state index contributed by atoms with van der Waals surface area (Å²) < 4.78 is 58.2. The van der Waals surface area contributed by atoms with Gasteiger partial charge in [-0.05, 0) is 62.8 Å². The lowest BCUT2D eigenvalue weighted by Crippen LogP contribution is -2.45. The Morgan fingerprint density at radius 3 is 2.35 bits per heavy atom. The number of carbonyl (C=O) groups excluding carboxylic acids is 2. The zero-order valence-corrected chi connectivity index (χ0v) is 25.3. The van der Waals surface area contributed by atoms with Gasteiger partial charge in [0.05, 0.1) is 20.1 Å². The Balaban J connectivity index is 1.45. The number of nitrogens with zero attached hydrogens (tertiary/aromatic N) is 2. The topological polar surface area (TPSA) is 80.3 Å². The van der Waals surface area contributed by atoms with Gasteiger partial charge in [-0.25, -0.2) is 13.2 Å². The fourth-order valence-electron chi connectivity index (χ4n) is 5.57. The Hall–Kier alpha value is -3.31. The maximum absolute atomic E-state index is 14.3. The highest BCUT2D eigenvalue weighted by Crippen LogP contribution is 2.32. The molecule has 1 aliphatic carbocycles. The number of benzene rings is 2. The molecule has 2 aliphatic rings. The molecule has 8 nitrogen and oxygen atoms in total. The fraction of sp³-hybridized carbons (Fsp3) is 0.562. The first-order valence-corrected chi connectivity index (χ1v) is 14.9. The highest BCUT2D eigenvalue weighted by Gasteiger charge is 2.38. The van der Waals surface area contributed by atoms with E-state index < -0.39 is 23.9 Å². The van der Waals surface area contributed by atoms with Crippen LogP contribution in [0.3, 0.4) is 0 Å². The van der Waals surface area contributed by atoms with Crippen molar-refractivity contribution in [1.82, 2.24) is 15.1 Å². The summed E-state index contributed by atoms with van der Waals surface area (Å²) in [4.78, 5) is 30.6. The molecule has 0 bridgehead atoms.